The number of esters is 5. The fourth-order valence-corrected chi connectivity index (χ4v) is 12.8. The van der Waals surface area contributed by atoms with Crippen LogP contribution in [0.15, 0.2) is 11.6 Å². The van der Waals surface area contributed by atoms with Gasteiger partial charge in [-0.1, -0.05) is 13.0 Å². The number of allylic oxidation sites excluding steroid dienone is 1. The SMILES string of the molecule is C/C=C(\C)C(=O)O[C@H]1C[C@@H](OC(C)=O)[C@@]2(C(=O)OC)CO[C@H]3[C@@H](O)[C@@](C)([C@]45O[C@@]4(C)[C@H]4C[C@@H]5O[C@@H]5OCC[C@@]54O)[C@@H]4C(OC(C)=O)(C(=O)OC)OC[C@@]14[C@@H]32. The highest BCUT2D eigenvalue weighted by molar-refractivity contribution is 5.88. The lowest BCUT2D eigenvalue weighted by Gasteiger charge is -2.65. The number of hydrogen-bond acceptors (Lipinski definition) is 17. The van der Waals surface area contributed by atoms with Crippen LogP contribution in [0.1, 0.15) is 60.8 Å². The van der Waals surface area contributed by atoms with Gasteiger partial charge in [0.25, 0.3) is 0 Å². The Labute approximate surface area is 311 Å². The van der Waals surface area contributed by atoms with E-state index >= 15 is 0 Å². The van der Waals surface area contributed by atoms with Crippen molar-refractivity contribution in [2.24, 2.45) is 34.0 Å². The number of methoxy groups -OCH3 is 2. The molecule has 298 valence electrons. The van der Waals surface area contributed by atoms with E-state index in [9.17, 15) is 34.2 Å². The van der Waals surface area contributed by atoms with Gasteiger partial charge in [-0.15, -0.1) is 0 Å². The smallest absolute Gasteiger partial charge is 0.379 e. The number of aliphatic hydroxyl groups excluding tert-OH is 1. The molecule has 3 saturated carbocycles. The van der Waals surface area contributed by atoms with Crippen LogP contribution in [0.3, 0.4) is 0 Å². The molecule has 0 aromatic heterocycles. The van der Waals surface area contributed by atoms with Crippen LogP contribution in [0.5, 0.6) is 0 Å². The van der Waals surface area contributed by atoms with Gasteiger partial charge in [0.1, 0.15) is 34.4 Å². The third-order valence-corrected chi connectivity index (χ3v) is 14.7. The molecular weight excluding hydrogens is 716 g/mol. The second-order valence-electron chi connectivity index (χ2n) is 16.6. The second-order valence-corrected chi connectivity index (χ2v) is 16.6. The van der Waals surface area contributed by atoms with Crippen molar-refractivity contribution in [2.75, 3.05) is 34.0 Å². The van der Waals surface area contributed by atoms with E-state index in [0.717, 1.165) is 21.1 Å². The summed E-state index contributed by atoms with van der Waals surface area (Å²) < 4.78 is 61.2. The Kier molecular flexibility index (Phi) is 8.16. The zero-order chi connectivity index (χ0) is 39.2. The third-order valence-electron chi connectivity index (χ3n) is 14.7. The quantitative estimate of drug-likeness (QED) is 0.153. The van der Waals surface area contributed by atoms with Crippen LogP contribution in [-0.4, -0.2) is 133 Å². The highest BCUT2D eigenvalue weighted by Gasteiger charge is 2.97. The summed E-state index contributed by atoms with van der Waals surface area (Å²) in [6.07, 6.45) is -5.72. The minimum absolute atomic E-state index is 0.224. The van der Waals surface area contributed by atoms with E-state index in [1.807, 2.05) is 0 Å². The Hall–Kier alpha value is -3.19. The summed E-state index contributed by atoms with van der Waals surface area (Å²) in [5.41, 5.74) is -9.41. The van der Waals surface area contributed by atoms with Crippen molar-refractivity contribution in [3.63, 3.8) is 0 Å². The number of fused-ring (bicyclic) bond motifs is 7. The number of carbonyl (C=O) groups is 5. The molecule has 17 nitrogen and oxygen atoms in total. The molecule has 1 unspecified atom stereocenters. The van der Waals surface area contributed by atoms with Crippen LogP contribution in [0.25, 0.3) is 0 Å². The van der Waals surface area contributed by atoms with Crippen LogP contribution in [0.2, 0.25) is 0 Å². The van der Waals surface area contributed by atoms with Crippen LogP contribution in [0.4, 0.5) is 0 Å². The van der Waals surface area contributed by atoms with Crippen molar-refractivity contribution < 1.29 is 81.6 Å². The van der Waals surface area contributed by atoms with Crippen molar-refractivity contribution >= 4 is 29.8 Å². The van der Waals surface area contributed by atoms with Crippen LogP contribution < -0.4 is 0 Å². The fraction of sp³-hybridized carbons (Fsp3) is 0.811. The Morgan fingerprint density at radius 3 is 2.22 bits per heavy atom. The molecule has 0 aromatic rings. The van der Waals surface area contributed by atoms with Crippen LogP contribution in [-0.2, 0) is 71.3 Å². The van der Waals surface area contributed by atoms with E-state index in [1.54, 1.807) is 33.8 Å². The first-order valence-electron chi connectivity index (χ1n) is 18.4. The van der Waals surface area contributed by atoms with Gasteiger partial charge in [0.2, 0.25) is 0 Å². The first kappa shape index (κ1) is 37.7. The minimum Gasteiger partial charge on any atom is -0.468 e. The molecule has 8 rings (SSSR count). The monoisotopic (exact) mass is 764 g/mol. The molecule has 16 atom stereocenters. The summed E-state index contributed by atoms with van der Waals surface area (Å²) in [4.78, 5) is 68.5. The van der Waals surface area contributed by atoms with Crippen LogP contribution in [0, 0.1) is 34.0 Å². The lowest BCUT2D eigenvalue weighted by molar-refractivity contribution is -0.318. The van der Waals surface area contributed by atoms with Crippen molar-refractivity contribution in [1.82, 2.24) is 0 Å². The van der Waals surface area contributed by atoms with Gasteiger partial charge in [0.05, 0.1) is 58.3 Å². The number of rotatable bonds is 7. The number of aliphatic hydroxyl groups is 2. The largest absolute Gasteiger partial charge is 0.468 e. The highest BCUT2D eigenvalue weighted by atomic mass is 16.8. The molecule has 3 aliphatic carbocycles. The summed E-state index contributed by atoms with van der Waals surface area (Å²) in [6.45, 7) is 8.24. The van der Waals surface area contributed by atoms with Gasteiger partial charge >= 0.3 is 35.6 Å². The maximum Gasteiger partial charge on any atom is 0.379 e. The molecule has 5 heterocycles. The maximum atomic E-state index is 14.4. The first-order valence-corrected chi connectivity index (χ1v) is 18.4. The van der Waals surface area contributed by atoms with E-state index in [-0.39, 0.29) is 31.4 Å². The van der Waals surface area contributed by atoms with Crippen molar-refractivity contribution in [3.8, 4) is 0 Å². The molecule has 17 heteroatoms. The predicted molar refractivity (Wildman–Crippen MR) is 174 cm³/mol. The average Bonchev–Trinajstić information content (AvgIpc) is 3.51. The zero-order valence-corrected chi connectivity index (χ0v) is 31.5. The second kappa shape index (κ2) is 11.7. The number of carbonyl (C=O) groups excluding carboxylic acids is 5. The van der Waals surface area contributed by atoms with Gasteiger partial charge in [0, 0.05) is 54.9 Å². The van der Waals surface area contributed by atoms with E-state index in [2.05, 4.69) is 0 Å². The summed E-state index contributed by atoms with van der Waals surface area (Å²) in [5, 5.41) is 25.2. The Morgan fingerprint density at radius 2 is 1.59 bits per heavy atom. The molecule has 2 bridgehead atoms. The summed E-state index contributed by atoms with van der Waals surface area (Å²) >= 11 is 0. The molecule has 2 N–H and O–H groups in total. The van der Waals surface area contributed by atoms with Crippen molar-refractivity contribution in [1.29, 1.82) is 0 Å². The minimum atomic E-state index is -2.64. The molecule has 8 fully saturated rings. The van der Waals surface area contributed by atoms with Gasteiger partial charge in [-0.05, 0) is 27.2 Å². The molecule has 0 aromatic carbocycles. The number of ether oxygens (including phenoxy) is 10. The molecule has 8 aliphatic rings. The Balaban J connectivity index is 1.43. The van der Waals surface area contributed by atoms with Crippen molar-refractivity contribution in [2.45, 2.75) is 120 Å². The molecule has 0 amide bonds. The van der Waals surface area contributed by atoms with E-state index in [1.165, 1.54) is 6.92 Å². The number of hydrogen-bond donors (Lipinski definition) is 2. The molecule has 5 aliphatic heterocycles. The van der Waals surface area contributed by atoms with Gasteiger partial charge in [0.15, 0.2) is 6.29 Å². The van der Waals surface area contributed by atoms with E-state index in [0.29, 0.717) is 0 Å². The van der Waals surface area contributed by atoms with Crippen molar-refractivity contribution in [3.05, 3.63) is 11.6 Å². The molecule has 0 radical (unpaired) electrons. The summed E-state index contributed by atoms with van der Waals surface area (Å²) in [5.74, 6) is -10.4. The average molecular weight is 765 g/mol. The zero-order valence-electron chi connectivity index (χ0n) is 31.5. The lowest BCUT2D eigenvalue weighted by atomic mass is 9.37. The van der Waals surface area contributed by atoms with Crippen LogP contribution >= 0.6 is 0 Å². The maximum absolute atomic E-state index is 14.4. The predicted octanol–water partition coefficient (Wildman–Crippen LogP) is 0.244. The third kappa shape index (κ3) is 4.06. The molecule has 5 saturated heterocycles. The normalized spacial score (nSPS) is 51.9. The standard InChI is InChI=1S/C37H48O17/c1-9-16(2)26(41)51-20-13-21(50-17(3)38)34(28(42)45-7)14-48-23-24(34)33(20)15-49-36(29(43)46-8,53-18(4)39)27(33)31(5,25(23)40)37-22-12-19(32(37,6)54-37)35(44)10-11-47-30(35)52-22/h9,19-25,27,30,40,44H,10-15H2,1-8H3/b16-9+/t19-,20+,21-,22+,23-,24-,25-,27+,30+,31-,32+,33+,34+,35+,36?,37+/m1/s1. The van der Waals surface area contributed by atoms with Gasteiger partial charge in [-0.3, -0.25) is 14.4 Å². The Morgan fingerprint density at radius 1 is 0.889 bits per heavy atom. The molecule has 1 spiro atoms. The van der Waals surface area contributed by atoms with E-state index in [4.69, 9.17) is 47.4 Å². The topological polar surface area (TPSA) is 221 Å². The summed E-state index contributed by atoms with van der Waals surface area (Å²) in [6, 6.07) is 0. The van der Waals surface area contributed by atoms with E-state index < -0.39 is 136 Å². The van der Waals surface area contributed by atoms with Gasteiger partial charge < -0.3 is 57.6 Å². The highest BCUT2D eigenvalue weighted by Crippen LogP contribution is 2.83. The van der Waals surface area contributed by atoms with Gasteiger partial charge in [-0.2, -0.15) is 0 Å². The molecule has 54 heavy (non-hydrogen) atoms. The lowest BCUT2D eigenvalue weighted by Crippen LogP contribution is -2.79. The molecular formula is C37H48O17. The first-order chi connectivity index (χ1) is 25.4. The fourth-order valence-electron chi connectivity index (χ4n) is 12.8. The Bertz CT molecular complexity index is 1730. The summed E-state index contributed by atoms with van der Waals surface area (Å²) in [7, 11) is 2.24. The number of epoxide rings is 1. The van der Waals surface area contributed by atoms with Gasteiger partial charge in [-0.25, -0.2) is 9.59 Å².